The lowest BCUT2D eigenvalue weighted by Crippen LogP contribution is -2.50. The number of ether oxygens (including phenoxy) is 1. The number of hydrogen-bond acceptors (Lipinski definition) is 4. The number of para-hydroxylation sites is 2. The normalized spacial score (nSPS) is 15.7. The molecule has 26 heavy (non-hydrogen) atoms. The number of aryl methyl sites for hydroxylation is 1. The van der Waals surface area contributed by atoms with Crippen LogP contribution in [0.2, 0.25) is 0 Å². The molecule has 0 unspecified atom stereocenters. The number of rotatable bonds is 4. The summed E-state index contributed by atoms with van der Waals surface area (Å²) in [6, 6.07) is 13.1. The molecule has 136 valence electrons. The molecule has 7 heteroatoms. The molecule has 2 aromatic rings. The molecule has 1 atom stereocenters. The van der Waals surface area contributed by atoms with Crippen molar-refractivity contribution in [2.45, 2.75) is 13.0 Å². The molecule has 0 spiro atoms. The fraction of sp³-hybridized carbons (Fsp3) is 0.263. The third-order valence-corrected chi connectivity index (χ3v) is 4.79. The Morgan fingerprint density at radius 1 is 1.27 bits per heavy atom. The number of hydrogen-bond donors (Lipinski definition) is 2. The summed E-state index contributed by atoms with van der Waals surface area (Å²) in [5.41, 5.74) is 2.61. The first kappa shape index (κ1) is 18.3. The maximum atomic E-state index is 12.6. The third kappa shape index (κ3) is 3.99. The van der Waals surface area contributed by atoms with Crippen molar-refractivity contribution in [3.63, 3.8) is 0 Å². The third-order valence-electron chi connectivity index (χ3n) is 4.13. The lowest BCUT2D eigenvalue weighted by molar-refractivity contribution is -0.127. The van der Waals surface area contributed by atoms with Crippen molar-refractivity contribution in [2.24, 2.45) is 0 Å². The van der Waals surface area contributed by atoms with Crippen LogP contribution in [0.3, 0.4) is 0 Å². The number of halogens is 1. The van der Waals surface area contributed by atoms with E-state index in [1.54, 1.807) is 13.1 Å². The second-order valence-corrected chi connectivity index (χ2v) is 6.95. The van der Waals surface area contributed by atoms with Crippen molar-refractivity contribution in [2.75, 3.05) is 30.4 Å². The largest absolute Gasteiger partial charge is 0.477 e. The van der Waals surface area contributed by atoms with E-state index in [9.17, 15) is 9.59 Å². The van der Waals surface area contributed by atoms with E-state index >= 15 is 0 Å². The molecule has 3 rings (SSSR count). The molecule has 0 bridgehead atoms. The molecule has 2 amide bonds. The molecule has 1 aliphatic heterocycles. The van der Waals surface area contributed by atoms with Crippen molar-refractivity contribution in [3.8, 4) is 5.75 Å². The van der Waals surface area contributed by atoms with Gasteiger partial charge in [-0.25, -0.2) is 0 Å². The highest BCUT2D eigenvalue weighted by atomic mass is 79.9. The van der Waals surface area contributed by atoms with Crippen LogP contribution in [0.1, 0.15) is 5.56 Å². The Morgan fingerprint density at radius 2 is 2.04 bits per heavy atom. The average molecular weight is 418 g/mol. The molecule has 6 nitrogen and oxygen atoms in total. The van der Waals surface area contributed by atoms with E-state index in [4.69, 9.17) is 4.74 Å². The van der Waals surface area contributed by atoms with Crippen molar-refractivity contribution in [1.29, 1.82) is 0 Å². The average Bonchev–Trinajstić information content (AvgIpc) is 2.63. The molecule has 0 saturated heterocycles. The van der Waals surface area contributed by atoms with E-state index in [0.29, 0.717) is 18.0 Å². The monoisotopic (exact) mass is 417 g/mol. The number of carbonyl (C=O) groups excluding carboxylic acids is 2. The first-order valence-electron chi connectivity index (χ1n) is 8.26. The Bertz CT molecular complexity index is 841. The van der Waals surface area contributed by atoms with Gasteiger partial charge in [0.25, 0.3) is 5.91 Å². The number of carbonyl (C=O) groups is 2. The molecule has 2 aromatic carbocycles. The Balaban J connectivity index is 1.76. The summed E-state index contributed by atoms with van der Waals surface area (Å²) in [4.78, 5) is 26.4. The van der Waals surface area contributed by atoms with Gasteiger partial charge in [0.05, 0.1) is 24.5 Å². The number of nitrogens with zero attached hydrogens (tertiary/aromatic N) is 1. The van der Waals surface area contributed by atoms with Gasteiger partial charge in [-0.2, -0.15) is 0 Å². The fourth-order valence-corrected chi connectivity index (χ4v) is 3.43. The first-order valence-corrected chi connectivity index (χ1v) is 9.05. The maximum Gasteiger partial charge on any atom is 0.262 e. The van der Waals surface area contributed by atoms with Crippen LogP contribution in [0.5, 0.6) is 5.75 Å². The maximum absolute atomic E-state index is 12.6. The van der Waals surface area contributed by atoms with Crippen molar-refractivity contribution in [3.05, 3.63) is 52.5 Å². The molecule has 1 aliphatic rings. The van der Waals surface area contributed by atoms with Crippen LogP contribution in [-0.4, -0.2) is 38.1 Å². The Hall–Kier alpha value is -2.54. The summed E-state index contributed by atoms with van der Waals surface area (Å²) < 4.78 is 6.58. The number of likely N-dealkylation sites (N-methyl/N-ethyl adjacent to an activating group) is 1. The molecule has 0 radical (unpaired) electrons. The van der Waals surface area contributed by atoms with E-state index in [1.807, 2.05) is 48.2 Å². The summed E-state index contributed by atoms with van der Waals surface area (Å²) in [5, 5.41) is 5.50. The van der Waals surface area contributed by atoms with Crippen molar-refractivity contribution >= 4 is 39.1 Å². The van der Waals surface area contributed by atoms with Crippen LogP contribution in [0, 0.1) is 6.92 Å². The van der Waals surface area contributed by atoms with Crippen molar-refractivity contribution in [1.82, 2.24) is 5.32 Å². The predicted octanol–water partition coefficient (Wildman–Crippen LogP) is 2.71. The quantitative estimate of drug-likeness (QED) is 0.801. The van der Waals surface area contributed by atoms with Gasteiger partial charge in [-0.3, -0.25) is 9.59 Å². The fourth-order valence-electron chi connectivity index (χ4n) is 2.84. The minimum Gasteiger partial charge on any atom is -0.477 e. The molecule has 0 saturated carbocycles. The highest BCUT2D eigenvalue weighted by Crippen LogP contribution is 2.33. The minimum absolute atomic E-state index is 0.119. The minimum atomic E-state index is -0.659. The number of fused-ring (bicyclic) bond motifs is 1. The lowest BCUT2D eigenvalue weighted by Gasteiger charge is -2.35. The summed E-state index contributed by atoms with van der Waals surface area (Å²) in [5.74, 6) is 0.213. The molecule has 0 fully saturated rings. The topological polar surface area (TPSA) is 70.7 Å². The van der Waals surface area contributed by atoms with Crippen molar-refractivity contribution < 1.29 is 14.3 Å². The highest BCUT2D eigenvalue weighted by molar-refractivity contribution is 9.10. The number of amides is 2. The van der Waals surface area contributed by atoms with Crippen LogP contribution in [-0.2, 0) is 9.59 Å². The second kappa shape index (κ2) is 7.78. The van der Waals surface area contributed by atoms with Crippen LogP contribution < -0.4 is 20.3 Å². The molecular weight excluding hydrogens is 398 g/mol. The molecular formula is C19H20BrN3O3. The van der Waals surface area contributed by atoms with E-state index in [1.165, 1.54) is 0 Å². The van der Waals surface area contributed by atoms with Gasteiger partial charge < -0.3 is 20.3 Å². The zero-order chi connectivity index (χ0) is 18.7. The highest BCUT2D eigenvalue weighted by Gasteiger charge is 2.31. The second-order valence-electron chi connectivity index (χ2n) is 6.10. The first-order chi connectivity index (χ1) is 12.5. The van der Waals surface area contributed by atoms with Gasteiger partial charge in [-0.15, -0.1) is 0 Å². The summed E-state index contributed by atoms with van der Waals surface area (Å²) in [6.07, 6.45) is -0.659. The number of benzene rings is 2. The van der Waals surface area contributed by atoms with Gasteiger partial charge in [-0.1, -0.05) is 18.2 Å². The van der Waals surface area contributed by atoms with Crippen LogP contribution >= 0.6 is 15.9 Å². The molecule has 1 heterocycles. The smallest absolute Gasteiger partial charge is 0.262 e. The Labute approximate surface area is 160 Å². The van der Waals surface area contributed by atoms with E-state index < -0.39 is 6.10 Å². The summed E-state index contributed by atoms with van der Waals surface area (Å²) in [6.45, 7) is 2.41. The predicted molar refractivity (Wildman–Crippen MR) is 105 cm³/mol. The standard InChI is InChI=1S/C19H20BrN3O3/c1-12-7-8-14(13(20)9-12)22-18(24)11-23-10-17(19(25)21-2)26-16-6-4-3-5-15(16)23/h3-9,17H,10-11H2,1-2H3,(H,21,25)(H,22,24)/t17-/m0/s1. The molecule has 0 aromatic heterocycles. The van der Waals surface area contributed by atoms with Crippen LogP contribution in [0.15, 0.2) is 46.9 Å². The summed E-state index contributed by atoms with van der Waals surface area (Å²) >= 11 is 3.46. The number of anilines is 2. The van der Waals surface area contributed by atoms with Gasteiger partial charge >= 0.3 is 0 Å². The van der Waals surface area contributed by atoms with E-state index in [2.05, 4.69) is 26.6 Å². The van der Waals surface area contributed by atoms with Gasteiger partial charge in [0.15, 0.2) is 6.10 Å². The molecule has 0 aliphatic carbocycles. The Kier molecular flexibility index (Phi) is 5.46. The Morgan fingerprint density at radius 3 is 2.77 bits per heavy atom. The number of nitrogens with one attached hydrogen (secondary N) is 2. The van der Waals surface area contributed by atoms with E-state index in [0.717, 1.165) is 15.7 Å². The van der Waals surface area contributed by atoms with Gasteiger partial charge in [0.1, 0.15) is 5.75 Å². The lowest BCUT2D eigenvalue weighted by atomic mass is 10.1. The van der Waals surface area contributed by atoms with Crippen LogP contribution in [0.4, 0.5) is 11.4 Å². The summed E-state index contributed by atoms with van der Waals surface area (Å²) in [7, 11) is 1.57. The van der Waals surface area contributed by atoms with E-state index in [-0.39, 0.29) is 18.4 Å². The molecule has 2 N–H and O–H groups in total. The zero-order valence-corrected chi connectivity index (χ0v) is 16.2. The SMILES string of the molecule is CNC(=O)[C@@H]1CN(CC(=O)Nc2ccc(C)cc2Br)c2ccccc2O1. The van der Waals surface area contributed by atoms with Gasteiger partial charge in [0, 0.05) is 11.5 Å². The zero-order valence-electron chi connectivity index (χ0n) is 14.6. The van der Waals surface area contributed by atoms with Crippen LogP contribution in [0.25, 0.3) is 0 Å². The van der Waals surface area contributed by atoms with Gasteiger partial charge in [0.2, 0.25) is 5.91 Å². The van der Waals surface area contributed by atoms with Gasteiger partial charge in [-0.05, 0) is 52.7 Å².